The Morgan fingerprint density at radius 2 is 0.971 bits per heavy atom. The predicted octanol–water partition coefficient (Wildman–Crippen LogP) is 16.5. The standard InChI is InChI=1S/C66H52N4/c1-3-10-35(11-4-1)37-14-9-15-47(24-37)69-53-17-8-7-16-49(53)50-19-18-48(36-12-5-2-6-13-36)56(64(50)69)38-25-51-59-54(33-67-61-41-22-45-27-43-20-39(57(59)61)29-65(43,45)31-41)70-55-34-68-62-42-23-46-28-44-21-40(30-66(44,46)32-42)58(62)60(55)52(26-38)63(51)70/h1-19,24-26,33-34,39-46H,20-23,27-32H2. The van der Waals surface area contributed by atoms with Gasteiger partial charge in [-0.2, -0.15) is 0 Å². The maximum atomic E-state index is 5.67. The first kappa shape index (κ1) is 37.1. The number of hydrogen-bond acceptors (Lipinski definition) is 2. The molecule has 0 aliphatic heterocycles. The predicted molar refractivity (Wildman–Crippen MR) is 283 cm³/mol. The molecule has 8 aliphatic carbocycles. The van der Waals surface area contributed by atoms with Crippen LogP contribution in [0.5, 0.6) is 0 Å². The zero-order chi connectivity index (χ0) is 44.9. The monoisotopic (exact) mass is 900 g/mol. The minimum atomic E-state index is 0.562. The van der Waals surface area contributed by atoms with E-state index in [1.54, 1.807) is 11.1 Å². The van der Waals surface area contributed by atoms with Gasteiger partial charge in [0.1, 0.15) is 0 Å². The Kier molecular flexibility index (Phi) is 6.56. The Morgan fingerprint density at radius 1 is 0.414 bits per heavy atom. The molecule has 8 aliphatic rings. The third-order valence-electron chi connectivity index (χ3n) is 21.8. The summed E-state index contributed by atoms with van der Waals surface area (Å²) in [6.45, 7) is 0. The van der Waals surface area contributed by atoms with Crippen molar-refractivity contribution in [2.45, 2.75) is 87.9 Å². The molecule has 0 radical (unpaired) electrons. The number of hydrogen-bond donors (Lipinski definition) is 0. The van der Waals surface area contributed by atoms with Crippen molar-refractivity contribution >= 4 is 59.9 Å². The molecule has 6 bridgehead atoms. The first-order valence-electron chi connectivity index (χ1n) is 26.9. The van der Waals surface area contributed by atoms with E-state index in [0.717, 1.165) is 23.7 Å². The molecule has 6 aromatic carbocycles. The van der Waals surface area contributed by atoms with Gasteiger partial charge < -0.3 is 8.97 Å². The average Bonchev–Trinajstić information content (AvgIpc) is 4.24. The van der Waals surface area contributed by atoms with Crippen LogP contribution < -0.4 is 0 Å². The van der Waals surface area contributed by atoms with E-state index >= 15 is 0 Å². The number of fused-ring (bicyclic) bond motifs is 21. The number of pyridine rings is 2. The van der Waals surface area contributed by atoms with E-state index in [1.807, 2.05) is 0 Å². The molecule has 0 amide bonds. The van der Waals surface area contributed by atoms with E-state index in [0.29, 0.717) is 34.5 Å². The van der Waals surface area contributed by atoms with Crippen molar-refractivity contribution in [1.82, 2.24) is 18.9 Å². The van der Waals surface area contributed by atoms with E-state index in [-0.39, 0.29) is 0 Å². The maximum absolute atomic E-state index is 5.67. The Bertz CT molecular complexity index is 4020. The molecule has 4 nitrogen and oxygen atoms in total. The maximum Gasteiger partial charge on any atom is 0.0728 e. The molecule has 0 saturated heterocycles. The molecule has 11 aromatic rings. The molecule has 336 valence electrons. The number of nitrogens with zero attached hydrogens (tertiary/aromatic N) is 4. The molecule has 4 heteroatoms. The number of aromatic nitrogens is 4. The van der Waals surface area contributed by atoms with Crippen LogP contribution in [0.25, 0.3) is 99.0 Å². The smallest absolute Gasteiger partial charge is 0.0728 e. The van der Waals surface area contributed by atoms with Gasteiger partial charge in [-0.05, 0) is 180 Å². The molecule has 10 atom stereocenters. The third-order valence-corrected chi connectivity index (χ3v) is 21.8. The fourth-order valence-corrected chi connectivity index (χ4v) is 19.3. The molecular formula is C66H52N4. The van der Waals surface area contributed by atoms with Crippen molar-refractivity contribution in [3.63, 3.8) is 0 Å². The highest BCUT2D eigenvalue weighted by molar-refractivity contribution is 6.27. The van der Waals surface area contributed by atoms with E-state index in [9.17, 15) is 0 Å². The van der Waals surface area contributed by atoms with Gasteiger partial charge in [0.15, 0.2) is 0 Å². The van der Waals surface area contributed by atoms with Crippen LogP contribution in [0.3, 0.4) is 0 Å². The third kappa shape index (κ3) is 4.23. The fraction of sp³-hybridized carbons (Fsp3) is 0.303. The zero-order valence-electron chi connectivity index (χ0n) is 39.3. The van der Waals surface area contributed by atoms with Gasteiger partial charge >= 0.3 is 0 Å². The van der Waals surface area contributed by atoms with Crippen molar-refractivity contribution in [1.29, 1.82) is 0 Å². The van der Waals surface area contributed by atoms with Gasteiger partial charge in [-0.3, -0.25) is 9.97 Å². The van der Waals surface area contributed by atoms with Gasteiger partial charge in [0, 0.05) is 66.8 Å². The number of benzene rings is 6. The summed E-state index contributed by atoms with van der Waals surface area (Å²) in [5, 5.41) is 8.45. The van der Waals surface area contributed by atoms with Gasteiger partial charge in [0.05, 0.1) is 40.0 Å². The van der Waals surface area contributed by atoms with Gasteiger partial charge in [0.2, 0.25) is 0 Å². The second kappa shape index (κ2) is 12.4. The van der Waals surface area contributed by atoms with E-state index < -0.39 is 0 Å². The zero-order valence-corrected chi connectivity index (χ0v) is 39.3. The molecule has 2 spiro atoms. The molecule has 5 heterocycles. The molecule has 0 N–H and O–H groups in total. The van der Waals surface area contributed by atoms with E-state index in [4.69, 9.17) is 9.97 Å². The van der Waals surface area contributed by atoms with Crippen LogP contribution >= 0.6 is 0 Å². The Balaban J connectivity index is 0.980. The van der Waals surface area contributed by atoms with Crippen LogP contribution in [0, 0.1) is 34.5 Å². The summed E-state index contributed by atoms with van der Waals surface area (Å²) in [6, 6.07) is 50.8. The number of para-hydroxylation sites is 1. The lowest BCUT2D eigenvalue weighted by Crippen LogP contribution is -2.41. The molecule has 10 unspecified atom stereocenters. The minimum Gasteiger partial charge on any atom is -0.309 e. The fourth-order valence-electron chi connectivity index (χ4n) is 19.3. The second-order valence-corrected chi connectivity index (χ2v) is 24.2. The van der Waals surface area contributed by atoms with Crippen LogP contribution in [-0.4, -0.2) is 18.9 Å². The molecule has 70 heavy (non-hydrogen) atoms. The lowest BCUT2D eigenvalue weighted by atomic mass is 9.56. The normalized spacial score (nSPS) is 30.4. The highest BCUT2D eigenvalue weighted by Crippen LogP contribution is 2.78. The van der Waals surface area contributed by atoms with Crippen molar-refractivity contribution in [2.75, 3.05) is 0 Å². The van der Waals surface area contributed by atoms with Crippen molar-refractivity contribution in [3.8, 4) is 39.1 Å². The first-order chi connectivity index (χ1) is 34.6. The van der Waals surface area contributed by atoms with Crippen LogP contribution in [0.4, 0.5) is 0 Å². The minimum absolute atomic E-state index is 0.562. The van der Waals surface area contributed by atoms with Crippen LogP contribution in [0.15, 0.2) is 146 Å². The highest BCUT2D eigenvalue weighted by Gasteiger charge is 2.67. The highest BCUT2D eigenvalue weighted by atomic mass is 15.0. The summed E-state index contributed by atoms with van der Waals surface area (Å²) < 4.78 is 5.29. The SMILES string of the molecule is c1ccc(-c2cccc(-n3c4ccccc4c4ccc(-c5ccccc5)c(-c5cc6c7c8c(ncc7n7c9cnc%10c(c9c(c5)c67)C5CC6CC7CC%10CC76C5)C5CC6CC7CC8CC67C5)c43)c2)cc1. The van der Waals surface area contributed by atoms with Crippen molar-refractivity contribution < 1.29 is 0 Å². The van der Waals surface area contributed by atoms with E-state index in [1.165, 1.54) is 175 Å². The summed E-state index contributed by atoms with van der Waals surface area (Å²) in [5.74, 6) is 5.97. The average molecular weight is 901 g/mol. The largest absolute Gasteiger partial charge is 0.309 e. The van der Waals surface area contributed by atoms with Crippen LogP contribution in [0.1, 0.15) is 110 Å². The molecule has 19 rings (SSSR count). The van der Waals surface area contributed by atoms with E-state index in [2.05, 4.69) is 155 Å². The van der Waals surface area contributed by atoms with Crippen molar-refractivity contribution in [3.05, 3.63) is 168 Å². The summed E-state index contributed by atoms with van der Waals surface area (Å²) in [4.78, 5) is 11.3. The Hall–Kier alpha value is -6.78. The molecular weight excluding hydrogens is 849 g/mol. The summed E-state index contributed by atoms with van der Waals surface area (Å²) >= 11 is 0. The molecule has 5 aromatic heterocycles. The summed E-state index contributed by atoms with van der Waals surface area (Å²) in [7, 11) is 0. The summed E-state index contributed by atoms with van der Waals surface area (Å²) in [5.41, 5.74) is 22.6. The second-order valence-electron chi connectivity index (χ2n) is 24.2. The van der Waals surface area contributed by atoms with Gasteiger partial charge in [-0.25, -0.2) is 0 Å². The number of rotatable bonds is 4. The van der Waals surface area contributed by atoms with Gasteiger partial charge in [0.25, 0.3) is 0 Å². The lowest BCUT2D eigenvalue weighted by Gasteiger charge is -2.48. The lowest BCUT2D eigenvalue weighted by molar-refractivity contribution is 0.00321. The van der Waals surface area contributed by atoms with Gasteiger partial charge in [-0.15, -0.1) is 0 Å². The summed E-state index contributed by atoms with van der Waals surface area (Å²) in [6.07, 6.45) is 18.4. The quantitative estimate of drug-likeness (QED) is 0.176. The van der Waals surface area contributed by atoms with Crippen LogP contribution in [0.2, 0.25) is 0 Å². The first-order valence-corrected chi connectivity index (χ1v) is 26.9. The van der Waals surface area contributed by atoms with Crippen molar-refractivity contribution in [2.24, 2.45) is 34.5 Å². The van der Waals surface area contributed by atoms with Crippen LogP contribution in [-0.2, 0) is 0 Å². The Labute approximate surface area is 406 Å². The van der Waals surface area contributed by atoms with Gasteiger partial charge in [-0.1, -0.05) is 103 Å². The Morgan fingerprint density at radius 3 is 1.61 bits per heavy atom. The topological polar surface area (TPSA) is 35.1 Å². The molecule has 6 fully saturated rings. The molecule has 6 saturated carbocycles.